The number of hydrogen-bond acceptors (Lipinski definition) is 7. The van der Waals surface area contributed by atoms with Crippen LogP contribution in [0.15, 0.2) is 29.2 Å². The summed E-state index contributed by atoms with van der Waals surface area (Å²) in [5, 5.41) is 15.4. The Morgan fingerprint density at radius 3 is 2.75 bits per heavy atom. The van der Waals surface area contributed by atoms with Crippen molar-refractivity contribution in [3.8, 4) is 11.3 Å². The third-order valence-electron chi connectivity index (χ3n) is 3.90. The molecule has 0 saturated carbocycles. The highest BCUT2D eigenvalue weighted by Gasteiger charge is 2.16. The molecule has 0 fully saturated rings. The largest absolute Gasteiger partial charge is 0.480 e. The second-order valence-electron chi connectivity index (χ2n) is 6.71. The Kier molecular flexibility index (Phi) is 7.53. The number of carboxylic acid groups (broad SMARTS) is 1. The van der Waals surface area contributed by atoms with Gasteiger partial charge in [-0.15, -0.1) is 0 Å². The zero-order valence-corrected chi connectivity index (χ0v) is 16.4. The first-order valence-corrected chi connectivity index (χ1v) is 8.99. The molecule has 2 rings (SSSR count). The van der Waals surface area contributed by atoms with Crippen LogP contribution in [-0.4, -0.2) is 46.9 Å². The minimum absolute atomic E-state index is 0.0125. The SMILES string of the molecule is COCCNCc1cc(N)cc(-c2cnc(NC(C)C)c(=O)n2CC(=O)O)c1. The van der Waals surface area contributed by atoms with Gasteiger partial charge in [0.15, 0.2) is 5.82 Å². The number of hydrogen-bond donors (Lipinski definition) is 4. The first-order chi connectivity index (χ1) is 13.3. The Labute approximate surface area is 163 Å². The number of nitrogens with one attached hydrogen (secondary N) is 2. The number of carboxylic acids is 1. The topological polar surface area (TPSA) is 132 Å². The molecule has 5 N–H and O–H groups in total. The molecule has 152 valence electrons. The summed E-state index contributed by atoms with van der Waals surface area (Å²) in [6.45, 7) is 5.10. The molecule has 0 atom stereocenters. The Bertz CT molecular complexity index is 879. The van der Waals surface area contributed by atoms with Crippen LogP contribution in [0.3, 0.4) is 0 Å². The maximum Gasteiger partial charge on any atom is 0.323 e. The summed E-state index contributed by atoms with van der Waals surface area (Å²) >= 11 is 0. The van der Waals surface area contributed by atoms with Crippen molar-refractivity contribution in [1.82, 2.24) is 14.9 Å². The van der Waals surface area contributed by atoms with E-state index in [1.165, 1.54) is 10.8 Å². The maximum atomic E-state index is 12.8. The van der Waals surface area contributed by atoms with Crippen LogP contribution in [0.1, 0.15) is 19.4 Å². The molecule has 0 aliphatic rings. The lowest BCUT2D eigenvalue weighted by Crippen LogP contribution is -2.30. The van der Waals surface area contributed by atoms with E-state index in [-0.39, 0.29) is 11.9 Å². The van der Waals surface area contributed by atoms with Gasteiger partial charge in [0.2, 0.25) is 0 Å². The van der Waals surface area contributed by atoms with E-state index in [1.54, 1.807) is 13.2 Å². The van der Waals surface area contributed by atoms with Gasteiger partial charge >= 0.3 is 5.97 Å². The number of methoxy groups -OCH3 is 1. The summed E-state index contributed by atoms with van der Waals surface area (Å²) in [5.74, 6) is -0.999. The molecular weight excluding hydrogens is 362 g/mol. The summed E-state index contributed by atoms with van der Waals surface area (Å²) in [4.78, 5) is 28.3. The normalized spacial score (nSPS) is 11.0. The van der Waals surface area contributed by atoms with E-state index in [4.69, 9.17) is 10.5 Å². The van der Waals surface area contributed by atoms with Gasteiger partial charge in [0.25, 0.3) is 5.56 Å². The Morgan fingerprint density at radius 1 is 1.36 bits per heavy atom. The lowest BCUT2D eigenvalue weighted by molar-refractivity contribution is -0.137. The molecule has 9 heteroatoms. The van der Waals surface area contributed by atoms with Crippen molar-refractivity contribution in [2.24, 2.45) is 0 Å². The molecule has 2 aromatic rings. The van der Waals surface area contributed by atoms with Crippen LogP contribution < -0.4 is 21.9 Å². The predicted octanol–water partition coefficient (Wildman–Crippen LogP) is 1.13. The highest BCUT2D eigenvalue weighted by Crippen LogP contribution is 2.23. The summed E-state index contributed by atoms with van der Waals surface area (Å²) in [6, 6.07) is 5.37. The lowest BCUT2D eigenvalue weighted by atomic mass is 10.1. The van der Waals surface area contributed by atoms with Crippen molar-refractivity contribution in [2.45, 2.75) is 33.0 Å². The molecule has 0 amide bonds. The van der Waals surface area contributed by atoms with E-state index in [0.717, 1.165) is 5.56 Å². The van der Waals surface area contributed by atoms with Crippen LogP contribution >= 0.6 is 0 Å². The average molecular weight is 389 g/mol. The third-order valence-corrected chi connectivity index (χ3v) is 3.90. The van der Waals surface area contributed by atoms with Crippen molar-refractivity contribution in [3.63, 3.8) is 0 Å². The van der Waals surface area contributed by atoms with Crippen molar-refractivity contribution in [1.29, 1.82) is 0 Å². The van der Waals surface area contributed by atoms with Crippen LogP contribution in [0.25, 0.3) is 11.3 Å². The number of nitrogen functional groups attached to an aromatic ring is 1. The Morgan fingerprint density at radius 2 is 2.11 bits per heavy atom. The number of rotatable bonds is 10. The minimum atomic E-state index is -1.12. The van der Waals surface area contributed by atoms with Gasteiger partial charge in [-0.3, -0.25) is 14.2 Å². The quantitative estimate of drug-likeness (QED) is 0.351. The molecular formula is C19H27N5O4. The fourth-order valence-corrected chi connectivity index (χ4v) is 2.76. The second-order valence-corrected chi connectivity index (χ2v) is 6.71. The molecule has 0 aliphatic heterocycles. The van der Waals surface area contributed by atoms with E-state index in [9.17, 15) is 14.7 Å². The summed E-state index contributed by atoms with van der Waals surface area (Å²) in [5.41, 5.74) is 7.98. The van der Waals surface area contributed by atoms with Crippen LogP contribution in [0, 0.1) is 0 Å². The fourth-order valence-electron chi connectivity index (χ4n) is 2.76. The standard InChI is InChI=1S/C19H27N5O4/c1-12(2)23-18-19(27)24(11-17(25)26)16(10-22-18)14-6-13(7-15(20)8-14)9-21-4-5-28-3/h6-8,10,12,21H,4-5,9,11,20H2,1-3H3,(H,22,23)(H,25,26). The number of benzene rings is 1. The number of nitrogens with zero attached hydrogens (tertiary/aromatic N) is 2. The Balaban J connectivity index is 2.45. The van der Waals surface area contributed by atoms with Crippen LogP contribution in [-0.2, 0) is 22.6 Å². The molecule has 1 heterocycles. The van der Waals surface area contributed by atoms with Crippen molar-refractivity contribution < 1.29 is 14.6 Å². The number of ether oxygens (including phenoxy) is 1. The van der Waals surface area contributed by atoms with Gasteiger partial charge in [0, 0.05) is 37.5 Å². The zero-order valence-electron chi connectivity index (χ0n) is 16.4. The average Bonchev–Trinajstić information content (AvgIpc) is 2.61. The number of anilines is 2. The van der Waals surface area contributed by atoms with Gasteiger partial charge < -0.3 is 26.2 Å². The molecule has 0 spiro atoms. The van der Waals surface area contributed by atoms with Crippen LogP contribution in [0.5, 0.6) is 0 Å². The van der Waals surface area contributed by atoms with E-state index < -0.39 is 18.1 Å². The smallest absolute Gasteiger partial charge is 0.323 e. The van der Waals surface area contributed by atoms with Gasteiger partial charge in [0.1, 0.15) is 6.54 Å². The highest BCUT2D eigenvalue weighted by molar-refractivity contribution is 5.70. The molecule has 0 radical (unpaired) electrons. The van der Waals surface area contributed by atoms with Gasteiger partial charge in [-0.1, -0.05) is 0 Å². The molecule has 0 saturated heterocycles. The maximum absolute atomic E-state index is 12.8. The molecule has 28 heavy (non-hydrogen) atoms. The van der Waals surface area contributed by atoms with Crippen molar-refractivity contribution in [2.75, 3.05) is 31.3 Å². The van der Waals surface area contributed by atoms with Gasteiger partial charge in [0.05, 0.1) is 18.5 Å². The Hall–Kier alpha value is -2.91. The first kappa shape index (κ1) is 21.4. The van der Waals surface area contributed by atoms with Crippen molar-refractivity contribution in [3.05, 3.63) is 40.3 Å². The molecule has 1 aromatic heterocycles. The predicted molar refractivity (Wildman–Crippen MR) is 108 cm³/mol. The van der Waals surface area contributed by atoms with E-state index in [1.807, 2.05) is 26.0 Å². The summed E-state index contributed by atoms with van der Waals surface area (Å²) in [7, 11) is 1.63. The van der Waals surface area contributed by atoms with Crippen LogP contribution in [0.4, 0.5) is 11.5 Å². The molecule has 9 nitrogen and oxygen atoms in total. The first-order valence-electron chi connectivity index (χ1n) is 8.99. The lowest BCUT2D eigenvalue weighted by Gasteiger charge is -2.16. The number of carbonyl (C=O) groups is 1. The molecule has 0 unspecified atom stereocenters. The van der Waals surface area contributed by atoms with E-state index >= 15 is 0 Å². The minimum Gasteiger partial charge on any atom is -0.480 e. The van der Waals surface area contributed by atoms with Gasteiger partial charge in [-0.05, 0) is 37.6 Å². The zero-order chi connectivity index (χ0) is 20.7. The summed E-state index contributed by atoms with van der Waals surface area (Å²) < 4.78 is 6.20. The summed E-state index contributed by atoms with van der Waals surface area (Å²) in [6.07, 6.45) is 1.49. The third kappa shape index (κ3) is 5.80. The second kappa shape index (κ2) is 9.86. The monoisotopic (exact) mass is 389 g/mol. The van der Waals surface area contributed by atoms with Crippen molar-refractivity contribution >= 4 is 17.5 Å². The molecule has 1 aromatic carbocycles. The van der Waals surface area contributed by atoms with Gasteiger partial charge in [-0.25, -0.2) is 4.98 Å². The van der Waals surface area contributed by atoms with Crippen LogP contribution in [0.2, 0.25) is 0 Å². The number of aliphatic carboxylic acids is 1. The van der Waals surface area contributed by atoms with E-state index in [2.05, 4.69) is 15.6 Å². The number of aromatic nitrogens is 2. The fraction of sp³-hybridized carbons (Fsp3) is 0.421. The highest BCUT2D eigenvalue weighted by atomic mass is 16.5. The van der Waals surface area contributed by atoms with E-state index in [0.29, 0.717) is 36.6 Å². The number of nitrogens with two attached hydrogens (primary N) is 1. The molecule has 0 bridgehead atoms. The molecule has 0 aliphatic carbocycles. The van der Waals surface area contributed by atoms with Gasteiger partial charge in [-0.2, -0.15) is 0 Å².